The second-order valence-electron chi connectivity index (χ2n) is 7.74. The fourth-order valence-corrected chi connectivity index (χ4v) is 3.31. The summed E-state index contributed by atoms with van der Waals surface area (Å²) in [5, 5.41) is 0. The minimum absolute atomic E-state index is 0.270. The number of halogens is 3. The van der Waals surface area contributed by atoms with E-state index in [0.29, 0.717) is 24.3 Å². The summed E-state index contributed by atoms with van der Waals surface area (Å²) in [6, 6.07) is 13.1. The molecule has 1 aromatic carbocycles. The Hall–Kier alpha value is -1.41. The van der Waals surface area contributed by atoms with E-state index in [0.717, 1.165) is 58.2 Å². The number of unbranched alkanes of at least 4 members (excludes halogenated alkanes) is 5. The molecule has 1 aromatic heterocycles. The highest BCUT2D eigenvalue weighted by atomic mass is 79.9. The van der Waals surface area contributed by atoms with Gasteiger partial charge < -0.3 is 14.2 Å². The van der Waals surface area contributed by atoms with E-state index < -0.39 is 12.5 Å². The summed E-state index contributed by atoms with van der Waals surface area (Å²) >= 11 is 3.19. The van der Waals surface area contributed by atoms with Gasteiger partial charge in [0, 0.05) is 37.1 Å². The maximum absolute atomic E-state index is 14.0. The Bertz CT molecular complexity index is 717. The predicted molar refractivity (Wildman–Crippen MR) is 126 cm³/mol. The smallest absolute Gasteiger partial charge is 0.312 e. The van der Waals surface area contributed by atoms with Crippen molar-refractivity contribution in [3.8, 4) is 0 Å². The summed E-state index contributed by atoms with van der Waals surface area (Å²) in [5.74, 6) is -3.07. The number of hydrogen-bond donors (Lipinski definition) is 0. The van der Waals surface area contributed by atoms with Gasteiger partial charge in [-0.2, -0.15) is 8.78 Å². The molecule has 2 rings (SSSR count). The van der Waals surface area contributed by atoms with Crippen LogP contribution in [0.5, 0.6) is 0 Å². The maximum atomic E-state index is 14.0. The number of alkyl halides is 2. The van der Waals surface area contributed by atoms with E-state index in [-0.39, 0.29) is 5.69 Å². The number of rotatable bonds is 18. The highest BCUT2D eigenvalue weighted by molar-refractivity contribution is 9.10. The second kappa shape index (κ2) is 16.2. The van der Waals surface area contributed by atoms with Crippen LogP contribution < -0.4 is 0 Å². The van der Waals surface area contributed by atoms with Crippen molar-refractivity contribution in [2.24, 2.45) is 0 Å². The summed E-state index contributed by atoms with van der Waals surface area (Å²) in [4.78, 5) is 3.75. The van der Waals surface area contributed by atoms with Crippen molar-refractivity contribution in [1.82, 2.24) is 4.98 Å². The molecule has 0 saturated heterocycles. The molecule has 0 bridgehead atoms. The van der Waals surface area contributed by atoms with Gasteiger partial charge in [-0.15, -0.1) is 0 Å². The van der Waals surface area contributed by atoms with E-state index in [4.69, 9.17) is 14.2 Å². The van der Waals surface area contributed by atoms with Crippen LogP contribution in [-0.4, -0.2) is 38.0 Å². The van der Waals surface area contributed by atoms with Gasteiger partial charge in [0.15, 0.2) is 0 Å². The van der Waals surface area contributed by atoms with Crippen molar-refractivity contribution in [3.63, 3.8) is 0 Å². The summed E-state index contributed by atoms with van der Waals surface area (Å²) in [6.07, 6.45) is 8.36. The third kappa shape index (κ3) is 12.0. The summed E-state index contributed by atoms with van der Waals surface area (Å²) in [6.45, 7) is 2.63. The molecule has 0 aliphatic heterocycles. The van der Waals surface area contributed by atoms with Gasteiger partial charge in [0.1, 0.15) is 12.3 Å². The molecule has 32 heavy (non-hydrogen) atoms. The lowest BCUT2D eigenvalue weighted by molar-refractivity contribution is -0.0862. The number of ether oxygens (including phenoxy) is 3. The van der Waals surface area contributed by atoms with Gasteiger partial charge >= 0.3 is 5.92 Å². The lowest BCUT2D eigenvalue weighted by Gasteiger charge is -2.15. The Kier molecular flexibility index (Phi) is 13.6. The number of benzene rings is 1. The van der Waals surface area contributed by atoms with Gasteiger partial charge in [-0.25, -0.2) is 0 Å². The predicted octanol–water partition coefficient (Wildman–Crippen LogP) is 6.92. The Labute approximate surface area is 198 Å². The first-order valence-corrected chi connectivity index (χ1v) is 12.1. The molecule has 0 N–H and O–H groups in total. The van der Waals surface area contributed by atoms with E-state index in [2.05, 4.69) is 33.0 Å². The van der Waals surface area contributed by atoms with Gasteiger partial charge in [0.2, 0.25) is 0 Å². The SMILES string of the molecule is FC(F)(COCCCCCOCCCCCCOCc1ccccc1)c1ccc(Br)cn1. The zero-order valence-corrected chi connectivity index (χ0v) is 20.2. The number of hydrogen-bond acceptors (Lipinski definition) is 4. The van der Waals surface area contributed by atoms with Crippen LogP contribution in [-0.2, 0) is 26.7 Å². The monoisotopic (exact) mass is 513 g/mol. The van der Waals surface area contributed by atoms with E-state index in [1.165, 1.54) is 17.8 Å². The average Bonchev–Trinajstić information content (AvgIpc) is 2.79. The number of aromatic nitrogens is 1. The normalized spacial score (nSPS) is 11.7. The van der Waals surface area contributed by atoms with Crippen LogP contribution in [0.1, 0.15) is 56.2 Å². The van der Waals surface area contributed by atoms with Crippen molar-refractivity contribution in [2.75, 3.05) is 33.0 Å². The molecule has 1 heterocycles. The largest absolute Gasteiger partial charge is 0.381 e. The highest BCUT2D eigenvalue weighted by Crippen LogP contribution is 2.27. The second-order valence-corrected chi connectivity index (χ2v) is 8.66. The molecule has 0 saturated carbocycles. The minimum atomic E-state index is -3.07. The quantitative estimate of drug-likeness (QED) is 0.203. The van der Waals surface area contributed by atoms with Crippen molar-refractivity contribution in [2.45, 2.75) is 57.5 Å². The van der Waals surface area contributed by atoms with E-state index >= 15 is 0 Å². The van der Waals surface area contributed by atoms with Crippen LogP contribution in [0.25, 0.3) is 0 Å². The van der Waals surface area contributed by atoms with Crippen LogP contribution in [0.4, 0.5) is 8.78 Å². The summed E-state index contributed by atoms with van der Waals surface area (Å²) in [5.41, 5.74) is 0.942. The number of pyridine rings is 1. The molecule has 0 aliphatic rings. The van der Waals surface area contributed by atoms with Crippen LogP contribution >= 0.6 is 15.9 Å². The first kappa shape index (κ1) is 26.8. The maximum Gasteiger partial charge on any atom is 0.312 e. The summed E-state index contributed by atoms with van der Waals surface area (Å²) < 4.78 is 45.1. The van der Waals surface area contributed by atoms with Crippen LogP contribution in [0.15, 0.2) is 53.1 Å². The molecular formula is C25H34BrF2NO3. The lowest BCUT2D eigenvalue weighted by atomic mass is 10.2. The molecule has 178 valence electrons. The Morgan fingerprint density at radius 1 is 0.719 bits per heavy atom. The molecule has 7 heteroatoms. The third-order valence-corrected chi connectivity index (χ3v) is 5.37. The van der Waals surface area contributed by atoms with Crippen molar-refractivity contribution in [3.05, 3.63) is 64.4 Å². The molecule has 4 nitrogen and oxygen atoms in total. The zero-order valence-electron chi connectivity index (χ0n) is 18.6. The fraction of sp³-hybridized carbons (Fsp3) is 0.560. The van der Waals surface area contributed by atoms with Crippen LogP contribution in [0.2, 0.25) is 0 Å². The summed E-state index contributed by atoms with van der Waals surface area (Å²) in [7, 11) is 0. The number of nitrogens with zero attached hydrogens (tertiary/aromatic N) is 1. The first-order valence-electron chi connectivity index (χ1n) is 11.3. The van der Waals surface area contributed by atoms with Crippen molar-refractivity contribution >= 4 is 15.9 Å². The molecule has 0 fully saturated rings. The van der Waals surface area contributed by atoms with E-state index in [1.54, 1.807) is 6.07 Å². The van der Waals surface area contributed by atoms with Gasteiger partial charge in [0.25, 0.3) is 0 Å². The van der Waals surface area contributed by atoms with Gasteiger partial charge in [0.05, 0.1) is 6.61 Å². The highest BCUT2D eigenvalue weighted by Gasteiger charge is 2.33. The van der Waals surface area contributed by atoms with Gasteiger partial charge in [-0.05, 0) is 65.7 Å². The molecule has 2 aromatic rings. The zero-order chi connectivity index (χ0) is 22.9. The molecule has 0 aliphatic carbocycles. The standard InChI is InChI=1S/C25H34BrF2NO3/c26-23-13-14-24(29-19-23)25(27,28)21-32-18-10-4-9-16-30-15-7-1-2-8-17-31-20-22-11-5-3-6-12-22/h3,5-6,11-14,19H,1-2,4,7-10,15-18,20-21H2. The Balaban J connectivity index is 1.32. The molecule has 0 spiro atoms. The molecule has 0 radical (unpaired) electrons. The third-order valence-electron chi connectivity index (χ3n) is 4.90. The van der Waals surface area contributed by atoms with Crippen molar-refractivity contribution in [1.29, 1.82) is 0 Å². The van der Waals surface area contributed by atoms with Gasteiger partial charge in [-0.1, -0.05) is 43.2 Å². The first-order chi connectivity index (χ1) is 15.6. The van der Waals surface area contributed by atoms with Crippen LogP contribution in [0, 0.1) is 0 Å². The van der Waals surface area contributed by atoms with Gasteiger partial charge in [-0.3, -0.25) is 4.98 Å². The Morgan fingerprint density at radius 2 is 1.31 bits per heavy atom. The fourth-order valence-electron chi connectivity index (χ4n) is 3.08. The minimum Gasteiger partial charge on any atom is -0.381 e. The van der Waals surface area contributed by atoms with Crippen molar-refractivity contribution < 1.29 is 23.0 Å². The van der Waals surface area contributed by atoms with E-state index in [1.807, 2.05) is 18.2 Å². The average molecular weight is 514 g/mol. The topological polar surface area (TPSA) is 40.6 Å². The van der Waals surface area contributed by atoms with E-state index in [9.17, 15) is 8.78 Å². The lowest BCUT2D eigenvalue weighted by Crippen LogP contribution is -2.22. The molecular weight excluding hydrogens is 480 g/mol. The molecule has 0 atom stereocenters. The Morgan fingerprint density at radius 3 is 1.94 bits per heavy atom. The molecule has 0 unspecified atom stereocenters. The van der Waals surface area contributed by atoms with Crippen LogP contribution in [0.3, 0.4) is 0 Å². The molecule has 0 amide bonds.